The molecule has 0 aliphatic heterocycles. The number of thiophene rings is 1. The molecule has 2 rings (SSSR count). The van der Waals surface area contributed by atoms with Crippen LogP contribution in [0.2, 0.25) is 10.3 Å². The van der Waals surface area contributed by atoms with Gasteiger partial charge in [0.2, 0.25) is 0 Å². The van der Waals surface area contributed by atoms with E-state index in [2.05, 4.69) is 15.3 Å². The molecule has 0 unspecified atom stereocenters. The van der Waals surface area contributed by atoms with Crippen molar-refractivity contribution in [3.8, 4) is 0 Å². The first-order chi connectivity index (χ1) is 7.68. The van der Waals surface area contributed by atoms with Gasteiger partial charge in [0.15, 0.2) is 10.3 Å². The molecular weight excluding hydrogens is 269 g/mol. The zero-order valence-electron chi connectivity index (χ0n) is 7.78. The Morgan fingerprint density at radius 1 is 1.31 bits per heavy atom. The van der Waals surface area contributed by atoms with Crippen molar-refractivity contribution in [2.24, 2.45) is 0 Å². The van der Waals surface area contributed by atoms with Crippen LogP contribution < -0.4 is 5.32 Å². The summed E-state index contributed by atoms with van der Waals surface area (Å²) in [6, 6.07) is 1.70. The molecule has 0 radical (unpaired) electrons. The summed E-state index contributed by atoms with van der Waals surface area (Å²) in [5.41, 5.74) is 0.767. The van der Waals surface area contributed by atoms with Gasteiger partial charge in [0, 0.05) is 5.38 Å². The molecule has 0 atom stereocenters. The number of aromatic nitrogens is 2. The van der Waals surface area contributed by atoms with Crippen LogP contribution in [0.5, 0.6) is 0 Å². The Kier molecular flexibility index (Phi) is 3.38. The summed E-state index contributed by atoms with van der Waals surface area (Å²) >= 11 is 13.0. The van der Waals surface area contributed by atoms with Crippen molar-refractivity contribution in [2.75, 3.05) is 5.32 Å². The Hall–Kier alpha value is -1.17. The number of rotatable bonds is 2. The van der Waals surface area contributed by atoms with Crippen molar-refractivity contribution < 1.29 is 4.79 Å². The van der Waals surface area contributed by atoms with Gasteiger partial charge in [0.25, 0.3) is 5.91 Å². The van der Waals surface area contributed by atoms with Crippen molar-refractivity contribution in [1.82, 2.24) is 9.97 Å². The molecule has 0 saturated carbocycles. The summed E-state index contributed by atoms with van der Waals surface area (Å²) in [5, 5.41) is 6.32. The van der Waals surface area contributed by atoms with Gasteiger partial charge in [-0.1, -0.05) is 23.2 Å². The lowest BCUT2D eigenvalue weighted by atomic mass is 10.3. The quantitative estimate of drug-likeness (QED) is 0.856. The molecule has 16 heavy (non-hydrogen) atoms. The predicted molar refractivity (Wildman–Crippen MR) is 64.3 cm³/mol. The van der Waals surface area contributed by atoms with Crippen LogP contribution in [0.4, 0.5) is 5.69 Å². The van der Waals surface area contributed by atoms with E-state index in [1.165, 1.54) is 17.7 Å². The molecule has 4 nitrogen and oxygen atoms in total. The van der Waals surface area contributed by atoms with E-state index in [1.807, 2.05) is 0 Å². The van der Waals surface area contributed by atoms with Gasteiger partial charge in [-0.25, -0.2) is 9.97 Å². The summed E-state index contributed by atoms with van der Waals surface area (Å²) in [6.45, 7) is 0. The van der Waals surface area contributed by atoms with Crippen LogP contribution >= 0.6 is 34.5 Å². The third-order valence-electron chi connectivity index (χ3n) is 1.78. The maximum Gasteiger partial charge on any atom is 0.256 e. The minimum atomic E-state index is -0.292. The van der Waals surface area contributed by atoms with E-state index in [0.717, 1.165) is 0 Å². The fraction of sp³-hybridized carbons (Fsp3) is 0. The van der Waals surface area contributed by atoms with Gasteiger partial charge in [-0.3, -0.25) is 4.79 Å². The number of carbonyl (C=O) groups is 1. The van der Waals surface area contributed by atoms with Gasteiger partial charge in [-0.2, -0.15) is 11.3 Å². The maximum absolute atomic E-state index is 11.7. The lowest BCUT2D eigenvalue weighted by Gasteiger charge is -2.06. The summed E-state index contributed by atoms with van der Waals surface area (Å²) in [4.78, 5) is 19.2. The minimum Gasteiger partial charge on any atom is -0.317 e. The van der Waals surface area contributed by atoms with E-state index < -0.39 is 0 Å². The summed E-state index contributed by atoms with van der Waals surface area (Å²) in [6.07, 6.45) is 1.23. The van der Waals surface area contributed by atoms with Crippen molar-refractivity contribution in [3.63, 3.8) is 0 Å². The van der Waals surface area contributed by atoms with E-state index in [9.17, 15) is 4.79 Å². The molecule has 2 aromatic rings. The molecule has 2 aromatic heterocycles. The lowest BCUT2D eigenvalue weighted by Crippen LogP contribution is -2.12. The number of carbonyl (C=O) groups excluding carboxylic acids is 1. The molecular formula is C9H5Cl2N3OS. The molecule has 0 bridgehead atoms. The second-order valence-electron chi connectivity index (χ2n) is 2.80. The fourth-order valence-electron chi connectivity index (χ4n) is 1.03. The molecule has 7 heteroatoms. The van der Waals surface area contributed by atoms with Crippen molar-refractivity contribution in [3.05, 3.63) is 39.0 Å². The Bertz CT molecular complexity index is 495. The van der Waals surface area contributed by atoms with Crippen LogP contribution in [0.25, 0.3) is 0 Å². The molecule has 1 amide bonds. The van der Waals surface area contributed by atoms with E-state index in [-0.39, 0.29) is 21.9 Å². The molecule has 0 saturated heterocycles. The monoisotopic (exact) mass is 273 g/mol. The van der Waals surface area contributed by atoms with Gasteiger partial charge < -0.3 is 5.32 Å². The van der Waals surface area contributed by atoms with E-state index >= 15 is 0 Å². The second kappa shape index (κ2) is 4.78. The van der Waals surface area contributed by atoms with Crippen LogP contribution in [0.3, 0.4) is 0 Å². The van der Waals surface area contributed by atoms with Gasteiger partial charge >= 0.3 is 0 Å². The average molecular weight is 274 g/mol. The SMILES string of the molecule is O=C(Nc1c(Cl)ncnc1Cl)c1ccsc1. The average Bonchev–Trinajstić information content (AvgIpc) is 2.76. The Labute approximate surface area is 105 Å². The minimum absolute atomic E-state index is 0.114. The number of nitrogens with zero attached hydrogens (tertiary/aromatic N) is 2. The smallest absolute Gasteiger partial charge is 0.256 e. The highest BCUT2D eigenvalue weighted by atomic mass is 35.5. The summed E-state index contributed by atoms with van der Waals surface area (Å²) < 4.78 is 0. The summed E-state index contributed by atoms with van der Waals surface area (Å²) in [5.74, 6) is -0.292. The van der Waals surface area contributed by atoms with Crippen LogP contribution in [-0.4, -0.2) is 15.9 Å². The molecule has 0 aliphatic rings. The molecule has 82 valence electrons. The first-order valence-corrected chi connectivity index (χ1v) is 5.88. The Morgan fingerprint density at radius 3 is 2.56 bits per heavy atom. The van der Waals surface area contributed by atoms with E-state index in [1.54, 1.807) is 16.8 Å². The first kappa shape index (κ1) is 11.3. The highest BCUT2D eigenvalue weighted by Gasteiger charge is 2.13. The molecule has 0 aliphatic carbocycles. The number of nitrogens with one attached hydrogen (secondary N) is 1. The standard InChI is InChI=1S/C9H5Cl2N3OS/c10-7-6(8(11)13-4-12-7)14-9(15)5-1-2-16-3-5/h1-4H,(H,14,15). The molecule has 2 heterocycles. The van der Waals surface area contributed by atoms with Gasteiger partial charge in [-0.15, -0.1) is 0 Å². The van der Waals surface area contributed by atoms with Crippen LogP contribution in [0.15, 0.2) is 23.2 Å². The van der Waals surface area contributed by atoms with Crippen molar-refractivity contribution in [2.45, 2.75) is 0 Å². The first-order valence-electron chi connectivity index (χ1n) is 4.18. The van der Waals surface area contributed by atoms with Crippen LogP contribution in [-0.2, 0) is 0 Å². The Morgan fingerprint density at radius 2 is 2.00 bits per heavy atom. The number of hydrogen-bond donors (Lipinski definition) is 1. The predicted octanol–water partition coefficient (Wildman–Crippen LogP) is 3.10. The van der Waals surface area contributed by atoms with E-state index in [4.69, 9.17) is 23.2 Å². The molecule has 1 N–H and O–H groups in total. The number of anilines is 1. The maximum atomic E-state index is 11.7. The second-order valence-corrected chi connectivity index (χ2v) is 4.29. The highest BCUT2D eigenvalue weighted by molar-refractivity contribution is 7.08. The zero-order chi connectivity index (χ0) is 11.5. The molecule has 0 fully saturated rings. The zero-order valence-corrected chi connectivity index (χ0v) is 10.1. The Balaban J connectivity index is 2.25. The number of halogens is 2. The van der Waals surface area contributed by atoms with Crippen LogP contribution in [0, 0.1) is 0 Å². The lowest BCUT2D eigenvalue weighted by molar-refractivity contribution is 0.102. The third-order valence-corrected chi connectivity index (χ3v) is 3.03. The summed E-state index contributed by atoms with van der Waals surface area (Å²) in [7, 11) is 0. The van der Waals surface area contributed by atoms with Crippen LogP contribution in [0.1, 0.15) is 10.4 Å². The van der Waals surface area contributed by atoms with Crippen molar-refractivity contribution in [1.29, 1.82) is 0 Å². The van der Waals surface area contributed by atoms with Crippen molar-refractivity contribution >= 4 is 46.1 Å². The highest BCUT2D eigenvalue weighted by Crippen LogP contribution is 2.26. The van der Waals surface area contributed by atoms with Gasteiger partial charge in [0.1, 0.15) is 12.0 Å². The molecule has 0 spiro atoms. The largest absolute Gasteiger partial charge is 0.317 e. The normalized spacial score (nSPS) is 10.1. The molecule has 0 aromatic carbocycles. The topological polar surface area (TPSA) is 54.9 Å². The fourth-order valence-corrected chi connectivity index (χ4v) is 2.07. The third kappa shape index (κ3) is 2.32. The number of hydrogen-bond acceptors (Lipinski definition) is 4. The van der Waals surface area contributed by atoms with E-state index in [0.29, 0.717) is 5.56 Å². The van der Waals surface area contributed by atoms with Gasteiger partial charge in [0.05, 0.1) is 5.56 Å². The van der Waals surface area contributed by atoms with Gasteiger partial charge in [-0.05, 0) is 11.4 Å². The number of amides is 1.